The molecule has 1 heterocycles. The van der Waals surface area contributed by atoms with E-state index in [-0.39, 0.29) is 11.4 Å². The van der Waals surface area contributed by atoms with Crippen LogP contribution in [0.5, 0.6) is 0 Å². The molecular weight excluding hydrogens is 288 g/mol. The number of halogens is 1. The Bertz CT molecular complexity index is 532. The van der Waals surface area contributed by atoms with Gasteiger partial charge in [0.1, 0.15) is 0 Å². The van der Waals surface area contributed by atoms with Crippen LogP contribution in [0.3, 0.4) is 0 Å². The Morgan fingerprint density at radius 2 is 2.14 bits per heavy atom. The number of amides is 1. The zero-order valence-electron chi connectivity index (χ0n) is 12.8. The van der Waals surface area contributed by atoms with Crippen molar-refractivity contribution in [2.45, 2.75) is 19.4 Å². The lowest BCUT2D eigenvalue weighted by Gasteiger charge is -2.45. The average Bonchev–Trinajstić information content (AvgIpc) is 2.38. The van der Waals surface area contributed by atoms with Crippen molar-refractivity contribution in [3.63, 3.8) is 0 Å². The molecule has 1 fully saturated rings. The standard InChI is InChI=1S/C15H23ClN4O/c1-15(2)10-20(7-6-19(15)3)9-14(21)18-11-4-5-12(16)13(17)8-11/h4-5,8H,6-7,9-10,17H2,1-3H3,(H,18,21). The summed E-state index contributed by atoms with van der Waals surface area (Å²) < 4.78 is 0. The fourth-order valence-corrected chi connectivity index (χ4v) is 2.62. The Morgan fingerprint density at radius 1 is 1.43 bits per heavy atom. The van der Waals surface area contributed by atoms with Crippen LogP contribution in [0.4, 0.5) is 11.4 Å². The summed E-state index contributed by atoms with van der Waals surface area (Å²) in [4.78, 5) is 16.6. The summed E-state index contributed by atoms with van der Waals surface area (Å²) in [6, 6.07) is 5.12. The first-order chi connectivity index (χ1) is 9.78. The maximum Gasteiger partial charge on any atom is 0.238 e. The zero-order valence-corrected chi connectivity index (χ0v) is 13.6. The first kappa shape index (κ1) is 16.1. The highest BCUT2D eigenvalue weighted by atomic mass is 35.5. The Labute approximate surface area is 131 Å². The molecule has 1 aliphatic heterocycles. The Hall–Kier alpha value is -1.30. The van der Waals surface area contributed by atoms with E-state index in [4.69, 9.17) is 17.3 Å². The summed E-state index contributed by atoms with van der Waals surface area (Å²) in [5.41, 5.74) is 6.96. The van der Waals surface area contributed by atoms with Crippen molar-refractivity contribution in [2.24, 2.45) is 0 Å². The van der Waals surface area contributed by atoms with Gasteiger partial charge in [0, 0.05) is 30.9 Å². The number of nitrogens with zero attached hydrogens (tertiary/aromatic N) is 2. The molecule has 1 aliphatic rings. The van der Waals surface area contributed by atoms with E-state index >= 15 is 0 Å². The summed E-state index contributed by atoms with van der Waals surface area (Å²) in [7, 11) is 2.12. The molecule has 6 heteroatoms. The lowest BCUT2D eigenvalue weighted by molar-refractivity contribution is -0.118. The largest absolute Gasteiger partial charge is 0.397 e. The molecule has 0 unspecified atom stereocenters. The normalized spacial score (nSPS) is 19.4. The maximum absolute atomic E-state index is 12.1. The highest BCUT2D eigenvalue weighted by molar-refractivity contribution is 6.33. The predicted molar refractivity (Wildman–Crippen MR) is 87.6 cm³/mol. The molecule has 5 nitrogen and oxygen atoms in total. The fraction of sp³-hybridized carbons (Fsp3) is 0.533. The topological polar surface area (TPSA) is 61.6 Å². The van der Waals surface area contributed by atoms with Crippen LogP contribution in [0.15, 0.2) is 18.2 Å². The monoisotopic (exact) mass is 310 g/mol. The number of hydrogen-bond acceptors (Lipinski definition) is 4. The SMILES string of the molecule is CN1CCN(CC(=O)Nc2ccc(Cl)c(N)c2)CC1(C)C. The first-order valence-corrected chi connectivity index (χ1v) is 7.44. The Balaban J connectivity index is 1.91. The molecule has 1 amide bonds. The van der Waals surface area contributed by atoms with E-state index < -0.39 is 0 Å². The Kier molecular flexibility index (Phi) is 4.76. The molecule has 1 saturated heterocycles. The number of hydrogen-bond donors (Lipinski definition) is 2. The maximum atomic E-state index is 12.1. The molecular formula is C15H23ClN4O. The number of piperazine rings is 1. The molecule has 1 aromatic rings. The van der Waals surface area contributed by atoms with Gasteiger partial charge in [-0.1, -0.05) is 11.6 Å². The van der Waals surface area contributed by atoms with E-state index in [1.807, 2.05) is 0 Å². The third kappa shape index (κ3) is 4.09. The second-order valence-electron chi connectivity index (χ2n) is 6.23. The van der Waals surface area contributed by atoms with Crippen LogP contribution in [0, 0.1) is 0 Å². The van der Waals surface area contributed by atoms with Gasteiger partial charge in [-0.3, -0.25) is 14.6 Å². The molecule has 2 rings (SSSR count). The van der Waals surface area contributed by atoms with Crippen molar-refractivity contribution in [2.75, 3.05) is 44.3 Å². The minimum Gasteiger partial charge on any atom is -0.397 e. The van der Waals surface area contributed by atoms with Gasteiger partial charge < -0.3 is 11.1 Å². The van der Waals surface area contributed by atoms with Crippen molar-refractivity contribution in [3.8, 4) is 0 Å². The van der Waals surface area contributed by atoms with Crippen molar-refractivity contribution in [3.05, 3.63) is 23.2 Å². The van der Waals surface area contributed by atoms with Crippen LogP contribution in [-0.2, 0) is 4.79 Å². The van der Waals surface area contributed by atoms with Crippen molar-refractivity contribution < 1.29 is 4.79 Å². The number of rotatable bonds is 3. The number of nitrogens with two attached hydrogens (primary N) is 1. The van der Waals surface area contributed by atoms with Gasteiger partial charge in [0.25, 0.3) is 0 Å². The third-order valence-electron chi connectivity index (χ3n) is 4.04. The van der Waals surface area contributed by atoms with Crippen molar-refractivity contribution >= 4 is 28.9 Å². The molecule has 116 valence electrons. The quantitative estimate of drug-likeness (QED) is 0.837. The van der Waals surface area contributed by atoms with Crippen LogP contribution in [0.1, 0.15) is 13.8 Å². The zero-order chi connectivity index (χ0) is 15.6. The van der Waals surface area contributed by atoms with Crippen LogP contribution in [-0.4, -0.2) is 54.5 Å². The molecule has 3 N–H and O–H groups in total. The number of nitrogen functional groups attached to an aromatic ring is 1. The summed E-state index contributed by atoms with van der Waals surface area (Å²) in [5.74, 6) is -0.0305. The average molecular weight is 311 g/mol. The van der Waals surface area contributed by atoms with Crippen molar-refractivity contribution in [1.82, 2.24) is 9.80 Å². The van der Waals surface area contributed by atoms with E-state index in [2.05, 4.69) is 36.0 Å². The molecule has 0 atom stereocenters. The molecule has 0 aromatic heterocycles. The predicted octanol–water partition coefficient (Wildman–Crippen LogP) is 1.89. The molecule has 0 saturated carbocycles. The van der Waals surface area contributed by atoms with Gasteiger partial charge in [-0.25, -0.2) is 0 Å². The summed E-state index contributed by atoms with van der Waals surface area (Å²) in [6.45, 7) is 7.51. The highest BCUT2D eigenvalue weighted by Gasteiger charge is 2.31. The molecule has 0 radical (unpaired) electrons. The summed E-state index contributed by atoms with van der Waals surface area (Å²) >= 11 is 5.87. The molecule has 1 aromatic carbocycles. The second-order valence-corrected chi connectivity index (χ2v) is 6.64. The van der Waals surface area contributed by atoms with Crippen LogP contribution < -0.4 is 11.1 Å². The lowest BCUT2D eigenvalue weighted by atomic mass is 10.00. The van der Waals surface area contributed by atoms with Crippen molar-refractivity contribution in [1.29, 1.82) is 0 Å². The van der Waals surface area contributed by atoms with Gasteiger partial charge in [0.05, 0.1) is 17.3 Å². The molecule has 21 heavy (non-hydrogen) atoms. The number of anilines is 2. The minimum absolute atomic E-state index is 0.0305. The molecule has 0 spiro atoms. The third-order valence-corrected chi connectivity index (χ3v) is 4.39. The van der Waals surface area contributed by atoms with Gasteiger partial charge >= 0.3 is 0 Å². The summed E-state index contributed by atoms with van der Waals surface area (Å²) in [6.07, 6.45) is 0. The van der Waals surface area contributed by atoms with Gasteiger partial charge in [-0.15, -0.1) is 0 Å². The van der Waals surface area contributed by atoms with E-state index in [0.717, 1.165) is 19.6 Å². The van der Waals surface area contributed by atoms with Crippen LogP contribution in [0.25, 0.3) is 0 Å². The highest BCUT2D eigenvalue weighted by Crippen LogP contribution is 2.22. The van der Waals surface area contributed by atoms with E-state index in [1.165, 1.54) is 0 Å². The van der Waals surface area contributed by atoms with E-state index in [9.17, 15) is 4.79 Å². The lowest BCUT2D eigenvalue weighted by Crippen LogP contribution is -2.58. The van der Waals surface area contributed by atoms with Gasteiger partial charge in [-0.2, -0.15) is 0 Å². The van der Waals surface area contributed by atoms with Gasteiger partial charge in [-0.05, 0) is 39.1 Å². The molecule has 0 aliphatic carbocycles. The Morgan fingerprint density at radius 3 is 2.76 bits per heavy atom. The number of likely N-dealkylation sites (N-methyl/N-ethyl adjacent to an activating group) is 1. The smallest absolute Gasteiger partial charge is 0.238 e. The number of carbonyl (C=O) groups is 1. The number of nitrogens with one attached hydrogen (secondary N) is 1. The minimum atomic E-state index is -0.0305. The molecule has 0 bridgehead atoms. The van der Waals surface area contributed by atoms with Gasteiger partial charge in [0.15, 0.2) is 0 Å². The van der Waals surface area contributed by atoms with E-state index in [1.54, 1.807) is 18.2 Å². The fourth-order valence-electron chi connectivity index (χ4n) is 2.50. The number of carbonyl (C=O) groups excluding carboxylic acids is 1. The number of benzene rings is 1. The van der Waals surface area contributed by atoms with Crippen LogP contribution >= 0.6 is 11.6 Å². The second kappa shape index (κ2) is 6.22. The van der Waals surface area contributed by atoms with E-state index in [0.29, 0.717) is 22.9 Å². The van der Waals surface area contributed by atoms with Gasteiger partial charge in [0.2, 0.25) is 5.91 Å². The van der Waals surface area contributed by atoms with Crippen LogP contribution in [0.2, 0.25) is 5.02 Å². The first-order valence-electron chi connectivity index (χ1n) is 7.06. The summed E-state index contributed by atoms with van der Waals surface area (Å²) in [5, 5.41) is 3.36.